The van der Waals surface area contributed by atoms with E-state index in [4.69, 9.17) is 14.2 Å². The van der Waals surface area contributed by atoms with Crippen LogP contribution in [0.5, 0.6) is 11.5 Å². The number of thiophene rings is 1. The number of methoxy groups -OCH3 is 1. The van der Waals surface area contributed by atoms with E-state index in [0.29, 0.717) is 23.0 Å². The Morgan fingerprint density at radius 3 is 2.47 bits per heavy atom. The van der Waals surface area contributed by atoms with Crippen LogP contribution >= 0.6 is 11.3 Å². The Labute approximate surface area is 177 Å². The molecule has 0 fully saturated rings. The summed E-state index contributed by atoms with van der Waals surface area (Å²) in [6.45, 7) is -0.232. The number of carbonyl (C=O) groups is 3. The van der Waals surface area contributed by atoms with Gasteiger partial charge in [-0.15, -0.1) is 11.3 Å². The molecule has 3 aromatic rings. The van der Waals surface area contributed by atoms with Crippen LogP contribution in [-0.2, 0) is 16.1 Å². The lowest BCUT2D eigenvalue weighted by Gasteiger charge is -2.12. The van der Waals surface area contributed by atoms with Crippen molar-refractivity contribution >= 4 is 29.1 Å². The summed E-state index contributed by atoms with van der Waals surface area (Å²) < 4.78 is 16.0. The van der Waals surface area contributed by atoms with E-state index >= 15 is 0 Å². The summed E-state index contributed by atoms with van der Waals surface area (Å²) in [5.41, 5.74) is 1.18. The van der Waals surface area contributed by atoms with E-state index in [0.717, 1.165) is 5.56 Å². The average Bonchev–Trinajstić information content (AvgIpc) is 3.32. The van der Waals surface area contributed by atoms with Crippen molar-refractivity contribution in [3.63, 3.8) is 0 Å². The van der Waals surface area contributed by atoms with Crippen LogP contribution in [0.4, 0.5) is 0 Å². The van der Waals surface area contributed by atoms with Gasteiger partial charge in [0.1, 0.15) is 6.61 Å². The number of nitrogens with one attached hydrogen (secondary N) is 1. The second kappa shape index (κ2) is 10.2. The Morgan fingerprint density at radius 1 is 0.967 bits per heavy atom. The molecule has 2 amide bonds. The van der Waals surface area contributed by atoms with Gasteiger partial charge in [0.15, 0.2) is 18.1 Å². The molecule has 0 saturated carbocycles. The third-order valence-electron chi connectivity index (χ3n) is 3.97. The van der Waals surface area contributed by atoms with Crippen LogP contribution in [0.25, 0.3) is 0 Å². The molecule has 1 N–H and O–H groups in total. The van der Waals surface area contributed by atoms with Crippen molar-refractivity contribution in [2.75, 3.05) is 13.7 Å². The van der Waals surface area contributed by atoms with Crippen LogP contribution in [0.2, 0.25) is 0 Å². The van der Waals surface area contributed by atoms with Gasteiger partial charge in [-0.05, 0) is 35.2 Å². The van der Waals surface area contributed by atoms with E-state index < -0.39 is 24.4 Å². The van der Waals surface area contributed by atoms with E-state index in [2.05, 4.69) is 5.32 Å². The van der Waals surface area contributed by atoms with E-state index in [1.54, 1.807) is 23.6 Å². The molecule has 0 saturated heterocycles. The number of amides is 2. The maximum Gasteiger partial charge on any atom is 0.338 e. The summed E-state index contributed by atoms with van der Waals surface area (Å²) >= 11 is 1.20. The van der Waals surface area contributed by atoms with Crippen molar-refractivity contribution in [2.24, 2.45) is 0 Å². The smallest absolute Gasteiger partial charge is 0.338 e. The second-order valence-corrected chi connectivity index (χ2v) is 7.02. The maximum absolute atomic E-state index is 12.2. The second-order valence-electron chi connectivity index (χ2n) is 6.07. The number of benzene rings is 2. The van der Waals surface area contributed by atoms with E-state index in [1.165, 1.54) is 30.6 Å². The molecular formula is C22H19NO6S. The molecule has 0 aliphatic rings. The number of carbonyl (C=O) groups excluding carboxylic acids is 3. The van der Waals surface area contributed by atoms with Gasteiger partial charge in [-0.25, -0.2) is 4.79 Å². The Morgan fingerprint density at radius 2 is 1.77 bits per heavy atom. The Kier molecular flexibility index (Phi) is 7.18. The zero-order valence-corrected chi connectivity index (χ0v) is 16.9. The van der Waals surface area contributed by atoms with Crippen LogP contribution in [0.1, 0.15) is 25.6 Å². The summed E-state index contributed by atoms with van der Waals surface area (Å²) in [5.74, 6) is -1.14. The van der Waals surface area contributed by atoms with Gasteiger partial charge >= 0.3 is 5.97 Å². The van der Waals surface area contributed by atoms with Crippen molar-refractivity contribution in [3.05, 3.63) is 82.0 Å². The highest BCUT2D eigenvalue weighted by molar-refractivity contribution is 7.12. The highest BCUT2D eigenvalue weighted by atomic mass is 32.1. The lowest BCUT2D eigenvalue weighted by atomic mass is 10.2. The third-order valence-corrected chi connectivity index (χ3v) is 4.84. The standard InChI is InChI=1S/C22H19NO6S/c1-27-18-12-16(9-10-17(18)28-13-15-6-3-2-4-7-15)22(26)29-14-20(24)23-21(25)19-8-5-11-30-19/h2-12H,13-14H2,1H3,(H,23,24,25). The first-order valence-corrected chi connectivity index (χ1v) is 9.84. The number of rotatable bonds is 8. The molecule has 3 rings (SSSR count). The molecular weight excluding hydrogens is 406 g/mol. The van der Waals surface area contributed by atoms with Gasteiger partial charge in [-0.1, -0.05) is 36.4 Å². The van der Waals surface area contributed by atoms with Crippen molar-refractivity contribution in [3.8, 4) is 11.5 Å². The van der Waals surface area contributed by atoms with E-state index in [1.807, 2.05) is 30.3 Å². The SMILES string of the molecule is COc1cc(C(=O)OCC(=O)NC(=O)c2cccs2)ccc1OCc1ccccc1. The fourth-order valence-electron chi connectivity index (χ4n) is 2.50. The molecule has 1 heterocycles. The normalized spacial score (nSPS) is 10.2. The zero-order valence-electron chi connectivity index (χ0n) is 16.1. The summed E-state index contributed by atoms with van der Waals surface area (Å²) in [6, 6.07) is 17.5. The van der Waals surface area contributed by atoms with Gasteiger partial charge in [0, 0.05) is 0 Å². The minimum absolute atomic E-state index is 0.191. The van der Waals surface area contributed by atoms with Gasteiger partial charge < -0.3 is 14.2 Å². The van der Waals surface area contributed by atoms with Crippen LogP contribution in [-0.4, -0.2) is 31.5 Å². The molecule has 1 aromatic heterocycles. The molecule has 0 bridgehead atoms. The van der Waals surface area contributed by atoms with Crippen molar-refractivity contribution in [1.82, 2.24) is 5.32 Å². The minimum atomic E-state index is -0.721. The number of hydrogen-bond donors (Lipinski definition) is 1. The first kappa shape index (κ1) is 21.1. The first-order valence-electron chi connectivity index (χ1n) is 8.96. The predicted octanol–water partition coefficient (Wildman–Crippen LogP) is 3.45. The monoisotopic (exact) mass is 425 g/mol. The maximum atomic E-state index is 12.2. The van der Waals surface area contributed by atoms with Crippen LogP contribution in [0, 0.1) is 0 Å². The number of esters is 1. The van der Waals surface area contributed by atoms with Crippen LogP contribution < -0.4 is 14.8 Å². The molecule has 8 heteroatoms. The fourth-order valence-corrected chi connectivity index (χ4v) is 3.11. The molecule has 30 heavy (non-hydrogen) atoms. The predicted molar refractivity (Wildman–Crippen MR) is 111 cm³/mol. The zero-order chi connectivity index (χ0) is 21.3. The first-order chi connectivity index (χ1) is 14.6. The largest absolute Gasteiger partial charge is 0.493 e. The molecule has 0 atom stereocenters. The van der Waals surface area contributed by atoms with Crippen molar-refractivity contribution in [2.45, 2.75) is 6.61 Å². The van der Waals surface area contributed by atoms with Crippen LogP contribution in [0.15, 0.2) is 66.0 Å². The molecule has 154 valence electrons. The topological polar surface area (TPSA) is 90.9 Å². The average molecular weight is 425 g/mol. The number of hydrogen-bond acceptors (Lipinski definition) is 7. The van der Waals surface area contributed by atoms with Crippen molar-refractivity contribution < 1.29 is 28.6 Å². The van der Waals surface area contributed by atoms with Gasteiger partial charge in [-0.3, -0.25) is 14.9 Å². The van der Waals surface area contributed by atoms with E-state index in [9.17, 15) is 14.4 Å². The van der Waals surface area contributed by atoms with Crippen molar-refractivity contribution in [1.29, 1.82) is 0 Å². The third kappa shape index (κ3) is 5.68. The molecule has 0 aliphatic carbocycles. The van der Waals surface area contributed by atoms with E-state index in [-0.39, 0.29) is 5.56 Å². The molecule has 2 aromatic carbocycles. The molecule has 0 spiro atoms. The molecule has 0 aliphatic heterocycles. The highest BCUT2D eigenvalue weighted by Crippen LogP contribution is 2.29. The number of ether oxygens (including phenoxy) is 3. The Bertz CT molecular complexity index is 1020. The quantitative estimate of drug-likeness (QED) is 0.556. The highest BCUT2D eigenvalue weighted by Gasteiger charge is 2.16. The minimum Gasteiger partial charge on any atom is -0.493 e. The Hall–Kier alpha value is -3.65. The fraction of sp³-hybridized carbons (Fsp3) is 0.136. The molecule has 0 unspecified atom stereocenters. The Balaban J connectivity index is 1.55. The summed E-state index contributed by atoms with van der Waals surface area (Å²) in [7, 11) is 1.46. The summed E-state index contributed by atoms with van der Waals surface area (Å²) in [4.78, 5) is 36.3. The molecule has 0 radical (unpaired) electrons. The lowest BCUT2D eigenvalue weighted by Crippen LogP contribution is -2.33. The summed E-state index contributed by atoms with van der Waals surface area (Å²) in [6.07, 6.45) is 0. The van der Waals surface area contributed by atoms with Gasteiger partial charge in [0.05, 0.1) is 17.6 Å². The van der Waals surface area contributed by atoms with Gasteiger partial charge in [0.25, 0.3) is 11.8 Å². The number of imide groups is 1. The summed E-state index contributed by atoms with van der Waals surface area (Å²) in [5, 5.41) is 3.89. The van der Waals surface area contributed by atoms with Gasteiger partial charge in [-0.2, -0.15) is 0 Å². The van der Waals surface area contributed by atoms with Gasteiger partial charge in [0.2, 0.25) is 0 Å². The lowest BCUT2D eigenvalue weighted by molar-refractivity contribution is -0.123. The molecule has 7 nitrogen and oxygen atoms in total. The van der Waals surface area contributed by atoms with Crippen LogP contribution in [0.3, 0.4) is 0 Å².